The van der Waals surface area contributed by atoms with Gasteiger partial charge >= 0.3 is 6.09 Å². The second-order valence-electron chi connectivity index (χ2n) is 5.85. The molecular weight excluding hydrogens is 354 g/mol. The predicted octanol–water partition coefficient (Wildman–Crippen LogP) is 1.80. The second kappa shape index (κ2) is 7.69. The Morgan fingerprint density at radius 1 is 1.21 bits per heavy atom. The van der Waals surface area contributed by atoms with Gasteiger partial charge in [0.15, 0.2) is 0 Å². The lowest BCUT2D eigenvalue weighted by Crippen LogP contribution is -2.43. The van der Waals surface area contributed by atoms with Crippen LogP contribution in [0.25, 0.3) is 0 Å². The zero-order valence-corrected chi connectivity index (χ0v) is 15.0. The van der Waals surface area contributed by atoms with Crippen molar-refractivity contribution in [2.45, 2.75) is 36.2 Å². The molecule has 1 amide bonds. The first-order valence-corrected chi connectivity index (χ1v) is 9.15. The molecule has 1 aliphatic heterocycles. The van der Waals surface area contributed by atoms with Crippen LogP contribution >= 0.6 is 12.4 Å². The quantitative estimate of drug-likeness (QED) is 0.819. The van der Waals surface area contributed by atoms with Crippen LogP contribution in [0.15, 0.2) is 29.2 Å². The number of carbonyl (C=O) groups is 1. The average Bonchev–Trinajstić information content (AvgIpc) is 3.21. The molecule has 9 heteroatoms. The molecule has 3 rings (SSSR count). The van der Waals surface area contributed by atoms with Crippen LogP contribution in [-0.4, -0.2) is 51.1 Å². The topological polar surface area (TPSA) is 87.7 Å². The molecule has 1 atom stereocenters. The van der Waals surface area contributed by atoms with E-state index in [9.17, 15) is 13.2 Å². The number of sulfonamides is 1. The monoisotopic (exact) mass is 375 g/mol. The van der Waals surface area contributed by atoms with Gasteiger partial charge in [0.05, 0.1) is 12.0 Å². The fraction of sp³-hybridized carbons (Fsp3) is 0.533. The van der Waals surface area contributed by atoms with E-state index in [1.807, 2.05) is 0 Å². The van der Waals surface area contributed by atoms with Gasteiger partial charge in [-0.3, -0.25) is 5.32 Å². The van der Waals surface area contributed by atoms with Gasteiger partial charge in [0, 0.05) is 24.3 Å². The Hall–Kier alpha value is -1.35. The maximum Gasteiger partial charge on any atom is 0.411 e. The summed E-state index contributed by atoms with van der Waals surface area (Å²) in [6, 6.07) is 6.35. The summed E-state index contributed by atoms with van der Waals surface area (Å²) >= 11 is 0. The van der Waals surface area contributed by atoms with Gasteiger partial charge in [0.1, 0.15) is 0 Å². The first-order valence-electron chi connectivity index (χ1n) is 7.71. The summed E-state index contributed by atoms with van der Waals surface area (Å²) in [5, 5.41) is 5.74. The number of hydrogen-bond acceptors (Lipinski definition) is 5. The number of halogens is 1. The molecule has 1 aromatic carbocycles. The van der Waals surface area contributed by atoms with E-state index in [-0.39, 0.29) is 29.4 Å². The van der Waals surface area contributed by atoms with E-state index < -0.39 is 16.1 Å². The third kappa shape index (κ3) is 4.00. The van der Waals surface area contributed by atoms with E-state index in [2.05, 4.69) is 15.4 Å². The molecule has 1 aliphatic carbocycles. The molecule has 0 spiro atoms. The van der Waals surface area contributed by atoms with E-state index in [4.69, 9.17) is 0 Å². The molecule has 1 saturated carbocycles. The molecule has 0 radical (unpaired) electrons. The number of hydrogen-bond donors (Lipinski definition) is 2. The van der Waals surface area contributed by atoms with Crippen molar-refractivity contribution >= 4 is 34.2 Å². The van der Waals surface area contributed by atoms with Gasteiger partial charge in [0.25, 0.3) is 0 Å². The highest BCUT2D eigenvalue weighted by Crippen LogP contribution is 2.35. The van der Waals surface area contributed by atoms with Crippen molar-refractivity contribution in [3.05, 3.63) is 24.3 Å². The van der Waals surface area contributed by atoms with Crippen LogP contribution in [-0.2, 0) is 14.8 Å². The summed E-state index contributed by atoms with van der Waals surface area (Å²) in [6.07, 6.45) is 2.12. The Morgan fingerprint density at radius 2 is 1.88 bits per heavy atom. The van der Waals surface area contributed by atoms with Crippen LogP contribution < -0.4 is 10.6 Å². The standard InChI is InChI=1S/C15H21N3O4S.ClH/c1-22-15(19)17-11-2-6-14(7-3-11)23(20,21)18(12-4-5-12)13-8-9-16-10-13;/h2-3,6-7,12-13,16H,4-5,8-10H2,1H3,(H,17,19);1H. The molecule has 2 aliphatic rings. The van der Waals surface area contributed by atoms with Crippen molar-refractivity contribution in [3.63, 3.8) is 0 Å². The molecular formula is C15H22ClN3O4S. The van der Waals surface area contributed by atoms with Crippen LogP contribution in [0.2, 0.25) is 0 Å². The average molecular weight is 376 g/mol. The molecule has 2 fully saturated rings. The minimum atomic E-state index is -3.52. The van der Waals surface area contributed by atoms with Crippen LogP contribution in [0.3, 0.4) is 0 Å². The molecule has 1 unspecified atom stereocenters. The molecule has 1 heterocycles. The van der Waals surface area contributed by atoms with Crippen molar-refractivity contribution in [1.82, 2.24) is 9.62 Å². The van der Waals surface area contributed by atoms with Gasteiger partial charge in [0.2, 0.25) is 10.0 Å². The Labute approximate surface area is 148 Å². The summed E-state index contributed by atoms with van der Waals surface area (Å²) in [5.41, 5.74) is 0.497. The Bertz CT molecular complexity index is 670. The summed E-state index contributed by atoms with van der Waals surface area (Å²) in [7, 11) is -2.25. The van der Waals surface area contributed by atoms with Crippen molar-refractivity contribution < 1.29 is 17.9 Å². The molecule has 0 aromatic heterocycles. The number of carbonyl (C=O) groups excluding carboxylic acids is 1. The normalized spacial score (nSPS) is 20.5. The Kier molecular flexibility index (Phi) is 6.08. The van der Waals surface area contributed by atoms with Gasteiger partial charge < -0.3 is 10.1 Å². The van der Waals surface area contributed by atoms with Crippen LogP contribution in [0.5, 0.6) is 0 Å². The van der Waals surface area contributed by atoms with Crippen LogP contribution in [0.4, 0.5) is 10.5 Å². The summed E-state index contributed by atoms with van der Waals surface area (Å²) in [6.45, 7) is 1.56. The van der Waals surface area contributed by atoms with Gasteiger partial charge in [-0.25, -0.2) is 13.2 Å². The number of amides is 1. The van der Waals surface area contributed by atoms with E-state index in [1.165, 1.54) is 19.2 Å². The number of rotatable bonds is 5. The molecule has 24 heavy (non-hydrogen) atoms. The van der Waals surface area contributed by atoms with Gasteiger partial charge in [-0.1, -0.05) is 0 Å². The molecule has 7 nitrogen and oxygen atoms in total. The lowest BCUT2D eigenvalue weighted by molar-refractivity contribution is 0.187. The maximum atomic E-state index is 13.0. The van der Waals surface area contributed by atoms with Gasteiger partial charge in [-0.05, 0) is 50.1 Å². The Morgan fingerprint density at radius 3 is 2.38 bits per heavy atom. The van der Waals surface area contributed by atoms with Gasteiger partial charge in [-0.15, -0.1) is 12.4 Å². The number of nitrogens with zero attached hydrogens (tertiary/aromatic N) is 1. The number of benzene rings is 1. The summed E-state index contributed by atoms with van der Waals surface area (Å²) in [4.78, 5) is 11.4. The second-order valence-corrected chi connectivity index (χ2v) is 7.70. The van der Waals surface area contributed by atoms with Crippen molar-refractivity contribution in [1.29, 1.82) is 0 Å². The molecule has 1 saturated heterocycles. The summed E-state index contributed by atoms with van der Waals surface area (Å²) in [5.74, 6) is 0. The zero-order chi connectivity index (χ0) is 16.4. The third-order valence-electron chi connectivity index (χ3n) is 4.16. The maximum absolute atomic E-state index is 13.0. The third-order valence-corrected chi connectivity index (χ3v) is 6.18. The minimum Gasteiger partial charge on any atom is -0.453 e. The lowest BCUT2D eigenvalue weighted by atomic mass is 10.2. The van der Waals surface area contributed by atoms with E-state index >= 15 is 0 Å². The fourth-order valence-electron chi connectivity index (χ4n) is 2.88. The Balaban J connectivity index is 0.00000208. The first kappa shape index (κ1) is 19.0. The van der Waals surface area contributed by atoms with Crippen molar-refractivity contribution in [2.24, 2.45) is 0 Å². The smallest absolute Gasteiger partial charge is 0.411 e. The van der Waals surface area contributed by atoms with E-state index in [1.54, 1.807) is 16.4 Å². The fourth-order valence-corrected chi connectivity index (χ4v) is 4.78. The molecule has 1 aromatic rings. The highest BCUT2D eigenvalue weighted by molar-refractivity contribution is 7.89. The summed E-state index contributed by atoms with van der Waals surface area (Å²) < 4.78 is 32.1. The predicted molar refractivity (Wildman–Crippen MR) is 93.0 cm³/mol. The molecule has 134 valence electrons. The first-order chi connectivity index (χ1) is 11.0. The number of ether oxygens (including phenoxy) is 1. The highest BCUT2D eigenvalue weighted by atomic mass is 35.5. The number of nitrogens with one attached hydrogen (secondary N) is 2. The lowest BCUT2D eigenvalue weighted by Gasteiger charge is -2.27. The van der Waals surface area contributed by atoms with Crippen LogP contribution in [0.1, 0.15) is 19.3 Å². The zero-order valence-electron chi connectivity index (χ0n) is 13.4. The van der Waals surface area contributed by atoms with Crippen LogP contribution in [0, 0.1) is 0 Å². The van der Waals surface area contributed by atoms with Gasteiger partial charge in [-0.2, -0.15) is 4.31 Å². The SMILES string of the molecule is COC(=O)Nc1ccc(S(=O)(=O)N(C2CC2)C2CCNC2)cc1.Cl. The van der Waals surface area contributed by atoms with Crippen molar-refractivity contribution in [3.8, 4) is 0 Å². The largest absolute Gasteiger partial charge is 0.453 e. The number of methoxy groups -OCH3 is 1. The number of anilines is 1. The van der Waals surface area contributed by atoms with Crippen molar-refractivity contribution in [2.75, 3.05) is 25.5 Å². The minimum absolute atomic E-state index is 0. The van der Waals surface area contributed by atoms with E-state index in [0.29, 0.717) is 12.2 Å². The van der Waals surface area contributed by atoms with E-state index in [0.717, 1.165) is 25.8 Å². The molecule has 0 bridgehead atoms. The molecule has 2 N–H and O–H groups in total. The highest BCUT2D eigenvalue weighted by Gasteiger charge is 2.43.